The molecule has 2 heterocycles. The predicted octanol–water partition coefficient (Wildman–Crippen LogP) is 3.62. The molecule has 1 atom stereocenters. The Morgan fingerprint density at radius 2 is 1.74 bits per heavy atom. The maximum absolute atomic E-state index is 13.1. The van der Waals surface area contributed by atoms with Crippen LogP contribution in [0.25, 0.3) is 11.4 Å². The van der Waals surface area contributed by atoms with Crippen LogP contribution in [0.3, 0.4) is 0 Å². The minimum absolute atomic E-state index is 0.00328. The van der Waals surface area contributed by atoms with Crippen LogP contribution in [0.2, 0.25) is 0 Å². The van der Waals surface area contributed by atoms with Crippen LogP contribution >= 0.6 is 0 Å². The number of hydrogen-bond acceptors (Lipinski definition) is 8. The largest absolute Gasteiger partial charge is 0.573 e. The van der Waals surface area contributed by atoms with Crippen LogP contribution in [0.4, 0.5) is 18.0 Å². The standard InChI is InChI=1S/C22H19F3N4O6/c1-21(13-5-7-14(8-6-13)34-22(23,24)25)19(30)29(20(31)27-21)11-17-26-18(28-35-17)12-4-9-15(32-2)16(10-12)33-3/h4-10H,11H2,1-3H3,(H,27,31). The number of nitrogens with zero attached hydrogens (tertiary/aromatic N) is 3. The number of imide groups is 1. The fourth-order valence-corrected chi connectivity index (χ4v) is 3.57. The van der Waals surface area contributed by atoms with Gasteiger partial charge in [0.15, 0.2) is 11.5 Å². The summed E-state index contributed by atoms with van der Waals surface area (Å²) in [5.74, 6) is 0.0711. The van der Waals surface area contributed by atoms with Crippen molar-refractivity contribution in [2.75, 3.05) is 14.2 Å². The quantitative estimate of drug-likeness (QED) is 0.498. The number of ether oxygens (including phenoxy) is 3. The van der Waals surface area contributed by atoms with E-state index in [4.69, 9.17) is 14.0 Å². The molecular formula is C22H19F3N4O6. The predicted molar refractivity (Wildman–Crippen MR) is 112 cm³/mol. The minimum Gasteiger partial charge on any atom is -0.493 e. The van der Waals surface area contributed by atoms with E-state index in [0.29, 0.717) is 17.1 Å². The third kappa shape index (κ3) is 4.69. The van der Waals surface area contributed by atoms with Gasteiger partial charge in [-0.1, -0.05) is 17.3 Å². The number of carbonyl (C=O) groups excluding carboxylic acids is 2. The van der Waals surface area contributed by atoms with E-state index >= 15 is 0 Å². The molecule has 0 spiro atoms. The van der Waals surface area contributed by atoms with Gasteiger partial charge in [-0.15, -0.1) is 13.2 Å². The van der Waals surface area contributed by atoms with E-state index in [1.807, 2.05) is 0 Å². The SMILES string of the molecule is COc1ccc(-c2noc(CN3C(=O)NC(C)(c4ccc(OC(F)(F)F)cc4)C3=O)n2)cc1OC. The van der Waals surface area contributed by atoms with E-state index in [0.717, 1.165) is 17.0 Å². The van der Waals surface area contributed by atoms with Crippen LogP contribution in [-0.2, 0) is 16.9 Å². The summed E-state index contributed by atoms with van der Waals surface area (Å²) in [6, 6.07) is 8.93. The second kappa shape index (κ2) is 8.81. The molecule has 1 N–H and O–H groups in total. The first-order valence-corrected chi connectivity index (χ1v) is 10.1. The van der Waals surface area contributed by atoms with Crippen molar-refractivity contribution < 1.29 is 41.5 Å². The molecule has 1 aliphatic rings. The zero-order chi connectivity index (χ0) is 25.4. The van der Waals surface area contributed by atoms with Crippen molar-refractivity contribution in [1.29, 1.82) is 0 Å². The Labute approximate surface area is 196 Å². The lowest BCUT2D eigenvalue weighted by Crippen LogP contribution is -2.40. The van der Waals surface area contributed by atoms with Crippen molar-refractivity contribution >= 4 is 11.9 Å². The average molecular weight is 492 g/mol. The van der Waals surface area contributed by atoms with Crippen molar-refractivity contribution in [3.8, 4) is 28.6 Å². The molecule has 1 unspecified atom stereocenters. The number of hydrogen-bond donors (Lipinski definition) is 1. The molecule has 1 fully saturated rings. The number of nitrogens with one attached hydrogen (secondary N) is 1. The summed E-state index contributed by atoms with van der Waals surface area (Å²) in [7, 11) is 2.98. The fourth-order valence-electron chi connectivity index (χ4n) is 3.57. The maximum atomic E-state index is 13.1. The second-order valence-corrected chi connectivity index (χ2v) is 7.60. The van der Waals surface area contributed by atoms with Crippen molar-refractivity contribution in [1.82, 2.24) is 20.4 Å². The minimum atomic E-state index is -4.85. The van der Waals surface area contributed by atoms with Crippen molar-refractivity contribution in [3.05, 3.63) is 53.9 Å². The smallest absolute Gasteiger partial charge is 0.493 e. The molecule has 1 aliphatic heterocycles. The molecule has 10 nitrogen and oxygen atoms in total. The first-order chi connectivity index (χ1) is 16.5. The Hall–Kier alpha value is -4.29. The zero-order valence-electron chi connectivity index (χ0n) is 18.7. The number of amides is 3. The average Bonchev–Trinajstić information content (AvgIpc) is 3.37. The van der Waals surface area contributed by atoms with Gasteiger partial charge in [-0.25, -0.2) is 4.79 Å². The van der Waals surface area contributed by atoms with Crippen LogP contribution < -0.4 is 19.5 Å². The lowest BCUT2D eigenvalue weighted by atomic mass is 9.92. The van der Waals surface area contributed by atoms with E-state index in [-0.39, 0.29) is 23.8 Å². The topological polar surface area (TPSA) is 116 Å². The molecule has 1 saturated heterocycles. The van der Waals surface area contributed by atoms with E-state index in [1.165, 1.54) is 33.3 Å². The number of rotatable bonds is 7. The third-order valence-electron chi connectivity index (χ3n) is 5.34. The fraction of sp³-hybridized carbons (Fsp3) is 0.273. The van der Waals surface area contributed by atoms with E-state index in [1.54, 1.807) is 18.2 Å². The summed E-state index contributed by atoms with van der Waals surface area (Å²) < 4.78 is 56.7. The normalized spacial score (nSPS) is 17.9. The highest BCUT2D eigenvalue weighted by Gasteiger charge is 2.49. The number of methoxy groups -OCH3 is 2. The molecule has 1 aromatic heterocycles. The van der Waals surface area contributed by atoms with Gasteiger partial charge in [0.05, 0.1) is 14.2 Å². The van der Waals surface area contributed by atoms with E-state index < -0.39 is 29.6 Å². The van der Waals surface area contributed by atoms with Crippen LogP contribution in [0.5, 0.6) is 17.2 Å². The number of carbonyl (C=O) groups is 2. The highest BCUT2D eigenvalue weighted by atomic mass is 19.4. The van der Waals surface area contributed by atoms with E-state index in [9.17, 15) is 22.8 Å². The number of urea groups is 1. The van der Waals surface area contributed by atoms with Gasteiger partial charge in [-0.3, -0.25) is 9.69 Å². The van der Waals surface area contributed by atoms with Gasteiger partial charge >= 0.3 is 12.4 Å². The highest BCUT2D eigenvalue weighted by Crippen LogP contribution is 2.33. The summed E-state index contributed by atoms with van der Waals surface area (Å²) in [5.41, 5.74) is -0.690. The van der Waals surface area contributed by atoms with Gasteiger partial charge in [0.2, 0.25) is 11.7 Å². The summed E-state index contributed by atoms with van der Waals surface area (Å²) >= 11 is 0. The number of halogens is 3. The summed E-state index contributed by atoms with van der Waals surface area (Å²) in [6.45, 7) is 1.13. The van der Waals surface area contributed by atoms with Crippen molar-refractivity contribution in [2.24, 2.45) is 0 Å². The van der Waals surface area contributed by atoms with Gasteiger partial charge in [0.1, 0.15) is 17.8 Å². The Balaban J connectivity index is 1.51. The molecule has 13 heteroatoms. The second-order valence-electron chi connectivity index (χ2n) is 7.60. The monoisotopic (exact) mass is 492 g/mol. The molecule has 2 aromatic carbocycles. The number of alkyl halides is 3. The zero-order valence-corrected chi connectivity index (χ0v) is 18.7. The van der Waals surface area contributed by atoms with Crippen molar-refractivity contribution in [3.63, 3.8) is 0 Å². The first-order valence-electron chi connectivity index (χ1n) is 10.1. The maximum Gasteiger partial charge on any atom is 0.573 e. The molecule has 3 aromatic rings. The third-order valence-corrected chi connectivity index (χ3v) is 5.34. The van der Waals surface area contributed by atoms with E-state index in [2.05, 4.69) is 20.2 Å². The molecule has 184 valence electrons. The Bertz CT molecular complexity index is 1260. The summed E-state index contributed by atoms with van der Waals surface area (Å²) in [4.78, 5) is 30.8. The molecule has 35 heavy (non-hydrogen) atoms. The lowest BCUT2D eigenvalue weighted by molar-refractivity contribution is -0.274. The van der Waals surface area contributed by atoms with Crippen LogP contribution in [0.15, 0.2) is 47.0 Å². The van der Waals surface area contributed by atoms with Gasteiger partial charge in [-0.05, 0) is 42.8 Å². The van der Waals surface area contributed by atoms with Crippen LogP contribution in [0, 0.1) is 0 Å². The summed E-state index contributed by atoms with van der Waals surface area (Å²) in [5, 5.41) is 6.44. The number of aromatic nitrogens is 2. The molecular weight excluding hydrogens is 473 g/mol. The molecule has 0 saturated carbocycles. The van der Waals surface area contributed by atoms with Crippen LogP contribution in [0.1, 0.15) is 18.4 Å². The van der Waals surface area contributed by atoms with Crippen LogP contribution in [-0.4, -0.2) is 47.6 Å². The van der Waals surface area contributed by atoms with Gasteiger partial charge in [-0.2, -0.15) is 4.98 Å². The summed E-state index contributed by atoms with van der Waals surface area (Å²) in [6.07, 6.45) is -4.85. The Morgan fingerprint density at radius 1 is 1.06 bits per heavy atom. The molecule has 0 radical (unpaired) electrons. The van der Waals surface area contributed by atoms with Gasteiger partial charge in [0, 0.05) is 5.56 Å². The molecule has 0 aliphatic carbocycles. The Morgan fingerprint density at radius 3 is 2.37 bits per heavy atom. The Kier molecular flexibility index (Phi) is 6.01. The first kappa shape index (κ1) is 23.9. The molecule has 0 bridgehead atoms. The molecule has 3 amide bonds. The lowest BCUT2D eigenvalue weighted by Gasteiger charge is -2.22. The van der Waals surface area contributed by atoms with Gasteiger partial charge in [0.25, 0.3) is 5.91 Å². The molecule has 4 rings (SSSR count). The highest BCUT2D eigenvalue weighted by molar-refractivity contribution is 6.07. The number of benzene rings is 2. The van der Waals surface area contributed by atoms with Gasteiger partial charge < -0.3 is 24.1 Å². The van der Waals surface area contributed by atoms with Crippen molar-refractivity contribution in [2.45, 2.75) is 25.4 Å².